The molecule has 0 bridgehead atoms. The minimum atomic E-state index is -1.23. The van der Waals surface area contributed by atoms with Gasteiger partial charge >= 0.3 is 0 Å². The molecule has 0 unspecified atom stereocenters. The number of amides is 3. The second-order valence-corrected chi connectivity index (χ2v) is 8.20. The van der Waals surface area contributed by atoms with E-state index in [9.17, 15) is 23.2 Å². The molecule has 1 aliphatic heterocycles. The summed E-state index contributed by atoms with van der Waals surface area (Å²) in [5.41, 5.74) is 3.71. The lowest BCUT2D eigenvalue weighted by Crippen LogP contribution is -2.48. The van der Waals surface area contributed by atoms with E-state index in [1.807, 2.05) is 0 Å². The maximum absolute atomic E-state index is 13.5. The van der Waals surface area contributed by atoms with Crippen molar-refractivity contribution in [1.29, 1.82) is 0 Å². The van der Waals surface area contributed by atoms with Crippen LogP contribution in [0.2, 0.25) is 5.02 Å². The van der Waals surface area contributed by atoms with Crippen LogP contribution in [0.1, 0.15) is 36.8 Å². The summed E-state index contributed by atoms with van der Waals surface area (Å²) in [6.45, 7) is 2.42. The van der Waals surface area contributed by atoms with Gasteiger partial charge in [0.1, 0.15) is 5.69 Å². The average molecular weight is 519 g/mol. The Bertz CT molecular complexity index is 1300. The van der Waals surface area contributed by atoms with Crippen molar-refractivity contribution in [1.82, 2.24) is 25.9 Å². The molecule has 0 spiro atoms. The van der Waals surface area contributed by atoms with Crippen molar-refractivity contribution >= 4 is 35.1 Å². The first-order valence-corrected chi connectivity index (χ1v) is 11.2. The molecule has 0 aliphatic carbocycles. The van der Waals surface area contributed by atoms with Crippen molar-refractivity contribution in [2.75, 3.05) is 31.6 Å². The number of carbonyl (C=O) groups excluding carboxylic acids is 3. The van der Waals surface area contributed by atoms with Crippen LogP contribution < -0.4 is 16.1 Å². The first kappa shape index (κ1) is 25.2. The number of ether oxygens (including phenoxy) is 1. The molecule has 2 heterocycles. The Kier molecular flexibility index (Phi) is 7.88. The van der Waals surface area contributed by atoms with Crippen molar-refractivity contribution < 1.29 is 27.9 Å². The third-order valence-electron chi connectivity index (χ3n) is 5.23. The smallest absolute Gasteiger partial charge is 0.269 e. The predicted octanol–water partition coefficient (Wildman–Crippen LogP) is 2.50. The highest BCUT2D eigenvalue weighted by atomic mass is 35.5. The molecule has 4 N–H and O–H groups in total. The lowest BCUT2D eigenvalue weighted by atomic mass is 10.1. The number of hydrogen-bond acceptors (Lipinski definition) is 6. The molecule has 2 aromatic carbocycles. The molecule has 1 aromatic heterocycles. The van der Waals surface area contributed by atoms with Gasteiger partial charge in [-0.05, 0) is 29.8 Å². The highest BCUT2D eigenvalue weighted by Gasteiger charge is 2.18. The number of morpholine rings is 1. The Morgan fingerprint density at radius 2 is 1.78 bits per heavy atom. The SMILES string of the molecule is O=C(NN1CCOCC1)c1cccc(CNC(=O)c2cc(NC(=O)c3cc(F)c(F)cc3Cl)n[nH]2)c1. The Hall–Kier alpha value is -3.87. The number of nitrogens with zero attached hydrogens (tertiary/aromatic N) is 2. The molecule has 10 nitrogen and oxygen atoms in total. The zero-order chi connectivity index (χ0) is 25.7. The number of H-pyrrole nitrogens is 1. The molecule has 3 aromatic rings. The monoisotopic (exact) mass is 518 g/mol. The van der Waals surface area contributed by atoms with Crippen LogP contribution in [0.3, 0.4) is 0 Å². The van der Waals surface area contributed by atoms with E-state index in [1.54, 1.807) is 29.3 Å². The van der Waals surface area contributed by atoms with Crippen LogP contribution >= 0.6 is 11.6 Å². The van der Waals surface area contributed by atoms with Crippen LogP contribution in [0.15, 0.2) is 42.5 Å². The van der Waals surface area contributed by atoms with Crippen LogP contribution in [0.4, 0.5) is 14.6 Å². The lowest BCUT2D eigenvalue weighted by Gasteiger charge is -2.26. The minimum Gasteiger partial charge on any atom is -0.379 e. The molecule has 1 aliphatic rings. The van der Waals surface area contributed by atoms with Gasteiger partial charge in [-0.1, -0.05) is 23.7 Å². The van der Waals surface area contributed by atoms with E-state index in [0.29, 0.717) is 49.6 Å². The average Bonchev–Trinajstić information content (AvgIpc) is 3.34. The van der Waals surface area contributed by atoms with E-state index in [0.717, 1.165) is 0 Å². The summed E-state index contributed by atoms with van der Waals surface area (Å²) < 4.78 is 31.9. The summed E-state index contributed by atoms with van der Waals surface area (Å²) in [5.74, 6) is -4.04. The van der Waals surface area contributed by atoms with Crippen LogP contribution in [0.5, 0.6) is 0 Å². The van der Waals surface area contributed by atoms with Gasteiger partial charge < -0.3 is 15.4 Å². The largest absolute Gasteiger partial charge is 0.379 e. The summed E-state index contributed by atoms with van der Waals surface area (Å²) in [6.07, 6.45) is 0. The number of halogens is 3. The fraction of sp³-hybridized carbons (Fsp3) is 0.217. The highest BCUT2D eigenvalue weighted by Crippen LogP contribution is 2.21. The second-order valence-electron chi connectivity index (χ2n) is 7.79. The van der Waals surface area contributed by atoms with Gasteiger partial charge in [0.2, 0.25) is 0 Å². The zero-order valence-corrected chi connectivity index (χ0v) is 19.5. The van der Waals surface area contributed by atoms with Crippen LogP contribution in [-0.4, -0.2) is 59.2 Å². The Morgan fingerprint density at radius 1 is 1.03 bits per heavy atom. The van der Waals surface area contributed by atoms with Gasteiger partial charge in [0.15, 0.2) is 17.5 Å². The molecule has 3 amide bonds. The topological polar surface area (TPSA) is 128 Å². The normalized spacial score (nSPS) is 13.8. The molecular formula is C23H21ClF2N6O4. The van der Waals surface area contributed by atoms with Crippen molar-refractivity contribution in [2.24, 2.45) is 0 Å². The Balaban J connectivity index is 1.32. The fourth-order valence-electron chi connectivity index (χ4n) is 3.37. The van der Waals surface area contributed by atoms with E-state index < -0.39 is 23.4 Å². The molecule has 4 rings (SSSR count). The third kappa shape index (κ3) is 6.22. The number of hydrazine groups is 1. The molecule has 0 radical (unpaired) electrons. The molecule has 0 saturated carbocycles. The maximum atomic E-state index is 13.5. The summed E-state index contributed by atoms with van der Waals surface area (Å²) >= 11 is 5.80. The molecule has 188 valence electrons. The van der Waals surface area contributed by atoms with Crippen LogP contribution in [-0.2, 0) is 11.3 Å². The van der Waals surface area contributed by atoms with Crippen LogP contribution in [0.25, 0.3) is 0 Å². The Labute approximate surface area is 208 Å². The molecule has 0 atom stereocenters. The Morgan fingerprint density at radius 3 is 2.56 bits per heavy atom. The van der Waals surface area contributed by atoms with Crippen LogP contribution in [0, 0.1) is 11.6 Å². The van der Waals surface area contributed by atoms with Gasteiger partial charge in [-0.15, -0.1) is 0 Å². The van der Waals surface area contributed by atoms with Crippen molar-refractivity contribution in [2.45, 2.75) is 6.54 Å². The van der Waals surface area contributed by atoms with Crippen molar-refractivity contribution in [3.63, 3.8) is 0 Å². The quantitative estimate of drug-likeness (QED) is 0.356. The van der Waals surface area contributed by atoms with E-state index in [1.165, 1.54) is 6.07 Å². The van der Waals surface area contributed by atoms with Crippen molar-refractivity contribution in [3.05, 3.63) is 81.5 Å². The van der Waals surface area contributed by atoms with E-state index in [2.05, 4.69) is 26.3 Å². The number of aromatic nitrogens is 2. The maximum Gasteiger partial charge on any atom is 0.269 e. The van der Waals surface area contributed by atoms with E-state index in [-0.39, 0.29) is 34.5 Å². The molecule has 13 heteroatoms. The number of nitrogens with one attached hydrogen (secondary N) is 4. The number of hydrogen-bond donors (Lipinski definition) is 4. The number of aromatic amines is 1. The summed E-state index contributed by atoms with van der Waals surface area (Å²) in [7, 11) is 0. The predicted molar refractivity (Wildman–Crippen MR) is 125 cm³/mol. The summed E-state index contributed by atoms with van der Waals surface area (Å²) in [5, 5.41) is 12.9. The first-order valence-electron chi connectivity index (χ1n) is 10.8. The summed E-state index contributed by atoms with van der Waals surface area (Å²) in [6, 6.07) is 9.44. The third-order valence-corrected chi connectivity index (χ3v) is 5.54. The van der Waals surface area contributed by atoms with Gasteiger partial charge in [-0.25, -0.2) is 13.8 Å². The van der Waals surface area contributed by atoms with E-state index >= 15 is 0 Å². The molecule has 1 fully saturated rings. The number of rotatable bonds is 7. The number of carbonyl (C=O) groups is 3. The number of benzene rings is 2. The molecule has 36 heavy (non-hydrogen) atoms. The van der Waals surface area contributed by atoms with Gasteiger partial charge in [-0.3, -0.25) is 24.9 Å². The summed E-state index contributed by atoms with van der Waals surface area (Å²) in [4.78, 5) is 37.3. The first-order chi connectivity index (χ1) is 17.3. The van der Waals surface area contributed by atoms with Gasteiger partial charge in [0, 0.05) is 31.3 Å². The minimum absolute atomic E-state index is 0.0206. The zero-order valence-electron chi connectivity index (χ0n) is 18.7. The second kappa shape index (κ2) is 11.2. The highest BCUT2D eigenvalue weighted by molar-refractivity contribution is 6.34. The standard InChI is InChI=1S/C23H21ClF2N6O4/c24-16-10-18(26)17(25)9-15(16)22(34)28-20-11-19(29-30-20)23(35)27-12-13-2-1-3-14(8-13)21(33)31-32-4-6-36-7-5-32/h1-3,8-11H,4-7,12H2,(H,27,35)(H,31,33)(H2,28,29,30,34). The van der Waals surface area contributed by atoms with Gasteiger partial charge in [-0.2, -0.15) is 5.10 Å². The van der Waals surface area contributed by atoms with Gasteiger partial charge in [0.25, 0.3) is 17.7 Å². The molecule has 1 saturated heterocycles. The van der Waals surface area contributed by atoms with Crippen molar-refractivity contribution in [3.8, 4) is 0 Å². The fourth-order valence-corrected chi connectivity index (χ4v) is 3.60. The molecular weight excluding hydrogens is 498 g/mol. The van der Waals surface area contributed by atoms with E-state index in [4.69, 9.17) is 16.3 Å². The number of anilines is 1. The van der Waals surface area contributed by atoms with Gasteiger partial charge in [0.05, 0.1) is 23.8 Å². The lowest BCUT2D eigenvalue weighted by molar-refractivity contribution is 0.0126.